The number of carbonyl (C=O) groups is 1. The number of carbonyl (C=O) groups excluding carboxylic acids is 1. The molecular weight excluding hydrogens is 262 g/mol. The Morgan fingerprint density at radius 1 is 1.47 bits per heavy atom. The van der Waals surface area contributed by atoms with E-state index in [1.54, 1.807) is 12.4 Å². The molecule has 0 fully saturated rings. The molecule has 100 valence electrons. The standard InChI is InChI=1S/C12H15N5OS/c1-3-14-10-7-13-6-9(17-10)11(18)16-8(2)12-15-4-5-19-12/h4-8H,3H2,1-2H3,(H,14,17)(H,16,18). The minimum atomic E-state index is -0.255. The molecule has 1 atom stereocenters. The van der Waals surface area contributed by atoms with Crippen LogP contribution < -0.4 is 10.6 Å². The van der Waals surface area contributed by atoms with Gasteiger partial charge in [-0.2, -0.15) is 0 Å². The average Bonchev–Trinajstić information content (AvgIpc) is 2.93. The number of nitrogens with zero attached hydrogens (tertiary/aromatic N) is 3. The Hall–Kier alpha value is -2.02. The van der Waals surface area contributed by atoms with Crippen LogP contribution in [0.5, 0.6) is 0 Å². The predicted octanol–water partition coefficient (Wildman–Crippen LogP) is 1.86. The fourth-order valence-corrected chi connectivity index (χ4v) is 2.17. The van der Waals surface area contributed by atoms with Crippen LogP contribution in [-0.2, 0) is 0 Å². The van der Waals surface area contributed by atoms with E-state index in [0.717, 1.165) is 11.6 Å². The van der Waals surface area contributed by atoms with Crippen LogP contribution in [0.3, 0.4) is 0 Å². The molecular formula is C12H15N5OS. The molecule has 6 nitrogen and oxygen atoms in total. The fraction of sp³-hybridized carbons (Fsp3) is 0.333. The van der Waals surface area contributed by atoms with Crippen LogP contribution in [0.15, 0.2) is 24.0 Å². The van der Waals surface area contributed by atoms with Gasteiger partial charge in [-0.05, 0) is 13.8 Å². The number of thiazole rings is 1. The number of hydrogen-bond donors (Lipinski definition) is 2. The van der Waals surface area contributed by atoms with E-state index in [9.17, 15) is 4.79 Å². The van der Waals surface area contributed by atoms with Gasteiger partial charge in [-0.25, -0.2) is 9.97 Å². The molecule has 2 rings (SSSR count). The first-order valence-corrected chi connectivity index (χ1v) is 6.85. The summed E-state index contributed by atoms with van der Waals surface area (Å²) in [5.74, 6) is 0.340. The van der Waals surface area contributed by atoms with E-state index in [0.29, 0.717) is 11.5 Å². The summed E-state index contributed by atoms with van der Waals surface area (Å²) in [5.41, 5.74) is 0.293. The van der Waals surface area contributed by atoms with Crippen molar-refractivity contribution in [2.75, 3.05) is 11.9 Å². The highest BCUT2D eigenvalue weighted by Gasteiger charge is 2.14. The first-order chi connectivity index (χ1) is 9.20. The first-order valence-electron chi connectivity index (χ1n) is 5.97. The van der Waals surface area contributed by atoms with Gasteiger partial charge >= 0.3 is 0 Å². The maximum atomic E-state index is 12.0. The SMILES string of the molecule is CCNc1cncc(C(=O)NC(C)c2nccs2)n1. The van der Waals surface area contributed by atoms with Gasteiger partial charge in [0, 0.05) is 18.1 Å². The molecule has 0 aliphatic heterocycles. The second-order valence-electron chi connectivity index (χ2n) is 3.89. The number of anilines is 1. The van der Waals surface area contributed by atoms with Crippen molar-refractivity contribution in [1.29, 1.82) is 0 Å². The van der Waals surface area contributed by atoms with E-state index in [2.05, 4.69) is 25.6 Å². The van der Waals surface area contributed by atoms with Crippen LogP contribution >= 0.6 is 11.3 Å². The largest absolute Gasteiger partial charge is 0.369 e. The van der Waals surface area contributed by atoms with Gasteiger partial charge in [0.15, 0.2) is 0 Å². The Bertz CT molecular complexity index is 543. The summed E-state index contributed by atoms with van der Waals surface area (Å²) >= 11 is 1.51. The number of nitrogens with one attached hydrogen (secondary N) is 2. The highest BCUT2D eigenvalue weighted by atomic mass is 32.1. The zero-order chi connectivity index (χ0) is 13.7. The van der Waals surface area contributed by atoms with Crippen LogP contribution in [0.1, 0.15) is 35.4 Å². The molecule has 0 bridgehead atoms. The smallest absolute Gasteiger partial charge is 0.272 e. The van der Waals surface area contributed by atoms with E-state index in [-0.39, 0.29) is 11.9 Å². The Labute approximate surface area is 115 Å². The van der Waals surface area contributed by atoms with Gasteiger partial charge in [0.05, 0.1) is 18.4 Å². The minimum absolute atomic E-state index is 0.142. The zero-order valence-corrected chi connectivity index (χ0v) is 11.6. The van der Waals surface area contributed by atoms with E-state index in [1.807, 2.05) is 19.2 Å². The van der Waals surface area contributed by atoms with Crippen molar-refractivity contribution in [1.82, 2.24) is 20.3 Å². The van der Waals surface area contributed by atoms with Crippen molar-refractivity contribution in [2.24, 2.45) is 0 Å². The van der Waals surface area contributed by atoms with E-state index in [1.165, 1.54) is 17.5 Å². The third-order valence-electron chi connectivity index (χ3n) is 2.39. The van der Waals surface area contributed by atoms with Crippen molar-refractivity contribution in [3.05, 3.63) is 34.7 Å². The molecule has 0 aliphatic rings. The summed E-state index contributed by atoms with van der Waals surface area (Å²) < 4.78 is 0. The van der Waals surface area contributed by atoms with Crippen LogP contribution in [0.4, 0.5) is 5.82 Å². The van der Waals surface area contributed by atoms with Gasteiger partial charge < -0.3 is 10.6 Å². The van der Waals surface area contributed by atoms with Crippen molar-refractivity contribution >= 4 is 23.1 Å². The highest BCUT2D eigenvalue weighted by molar-refractivity contribution is 7.09. The summed E-state index contributed by atoms with van der Waals surface area (Å²) in [4.78, 5) is 24.4. The molecule has 2 aromatic rings. The van der Waals surface area contributed by atoms with Crippen molar-refractivity contribution in [3.8, 4) is 0 Å². The maximum absolute atomic E-state index is 12.0. The highest BCUT2D eigenvalue weighted by Crippen LogP contribution is 2.15. The van der Waals surface area contributed by atoms with Gasteiger partial charge in [-0.3, -0.25) is 9.78 Å². The molecule has 0 spiro atoms. The van der Waals surface area contributed by atoms with Gasteiger partial charge in [0.25, 0.3) is 5.91 Å². The lowest BCUT2D eigenvalue weighted by Gasteiger charge is -2.11. The lowest BCUT2D eigenvalue weighted by atomic mass is 10.3. The number of hydrogen-bond acceptors (Lipinski definition) is 6. The monoisotopic (exact) mass is 277 g/mol. The second kappa shape index (κ2) is 6.24. The Kier molecular flexibility index (Phi) is 4.40. The lowest BCUT2D eigenvalue weighted by molar-refractivity contribution is 0.0934. The third-order valence-corrected chi connectivity index (χ3v) is 3.35. The normalized spacial score (nSPS) is 11.9. The topological polar surface area (TPSA) is 79.8 Å². The molecule has 0 radical (unpaired) electrons. The van der Waals surface area contributed by atoms with Crippen molar-refractivity contribution in [3.63, 3.8) is 0 Å². The molecule has 1 unspecified atom stereocenters. The van der Waals surface area contributed by atoms with Gasteiger partial charge in [-0.1, -0.05) is 0 Å². The molecule has 0 saturated carbocycles. The number of aromatic nitrogens is 3. The molecule has 0 aliphatic carbocycles. The molecule has 0 aromatic carbocycles. The Morgan fingerprint density at radius 2 is 2.32 bits per heavy atom. The Morgan fingerprint density at radius 3 is 3.00 bits per heavy atom. The summed E-state index contributed by atoms with van der Waals surface area (Å²) in [5, 5.41) is 8.61. The van der Waals surface area contributed by atoms with Crippen molar-refractivity contribution < 1.29 is 4.79 Å². The van der Waals surface area contributed by atoms with Crippen LogP contribution in [-0.4, -0.2) is 27.4 Å². The minimum Gasteiger partial charge on any atom is -0.369 e. The summed E-state index contributed by atoms with van der Waals surface area (Å²) in [7, 11) is 0. The summed E-state index contributed by atoms with van der Waals surface area (Å²) in [6.07, 6.45) is 4.75. The summed E-state index contributed by atoms with van der Waals surface area (Å²) in [6.45, 7) is 4.58. The van der Waals surface area contributed by atoms with E-state index < -0.39 is 0 Å². The van der Waals surface area contributed by atoms with Crippen LogP contribution in [0, 0.1) is 0 Å². The fourth-order valence-electron chi connectivity index (χ4n) is 1.52. The molecule has 19 heavy (non-hydrogen) atoms. The van der Waals surface area contributed by atoms with Gasteiger partial charge in [-0.15, -0.1) is 11.3 Å². The van der Waals surface area contributed by atoms with Crippen LogP contribution in [0.2, 0.25) is 0 Å². The molecule has 2 heterocycles. The lowest BCUT2D eigenvalue weighted by Crippen LogP contribution is -2.27. The van der Waals surface area contributed by atoms with E-state index >= 15 is 0 Å². The molecule has 1 amide bonds. The number of rotatable bonds is 5. The van der Waals surface area contributed by atoms with E-state index in [4.69, 9.17) is 0 Å². The Balaban J connectivity index is 2.05. The van der Waals surface area contributed by atoms with Crippen LogP contribution in [0.25, 0.3) is 0 Å². The summed E-state index contributed by atoms with van der Waals surface area (Å²) in [6, 6.07) is -0.142. The second-order valence-corrected chi connectivity index (χ2v) is 4.81. The quantitative estimate of drug-likeness (QED) is 0.872. The predicted molar refractivity (Wildman–Crippen MR) is 74.2 cm³/mol. The zero-order valence-electron chi connectivity index (χ0n) is 10.8. The molecule has 7 heteroatoms. The van der Waals surface area contributed by atoms with Gasteiger partial charge in [0.1, 0.15) is 16.5 Å². The average molecular weight is 277 g/mol. The van der Waals surface area contributed by atoms with Crippen molar-refractivity contribution in [2.45, 2.75) is 19.9 Å². The molecule has 2 aromatic heterocycles. The molecule has 0 saturated heterocycles. The third kappa shape index (κ3) is 3.47. The molecule has 2 N–H and O–H groups in total. The number of amides is 1. The van der Waals surface area contributed by atoms with Gasteiger partial charge in [0.2, 0.25) is 0 Å². The maximum Gasteiger partial charge on any atom is 0.272 e. The first kappa shape index (κ1) is 13.4.